The first-order valence-electron chi connectivity index (χ1n) is 8.47. The van der Waals surface area contributed by atoms with Crippen molar-refractivity contribution in [1.82, 2.24) is 0 Å². The van der Waals surface area contributed by atoms with Gasteiger partial charge in [0.05, 0.1) is 0 Å². The molecule has 4 heteroatoms. The van der Waals surface area contributed by atoms with E-state index in [9.17, 15) is 0 Å². The van der Waals surface area contributed by atoms with E-state index in [0.717, 1.165) is 52.4 Å². The van der Waals surface area contributed by atoms with E-state index >= 15 is 0 Å². The Morgan fingerprint density at radius 1 is 0.400 bits per heavy atom. The average Bonchev–Trinajstić information content (AvgIpc) is 2.47. The SMILES string of the molecule is NCCCOCCCCCCCCCCOCCCN. The van der Waals surface area contributed by atoms with E-state index in [4.69, 9.17) is 20.9 Å². The molecule has 0 aliphatic heterocycles. The predicted octanol–water partition coefficient (Wildman–Crippen LogP) is 2.84. The summed E-state index contributed by atoms with van der Waals surface area (Å²) in [5.41, 5.74) is 10.8. The average molecular weight is 288 g/mol. The Morgan fingerprint density at radius 2 is 0.700 bits per heavy atom. The van der Waals surface area contributed by atoms with Crippen LogP contribution in [0.25, 0.3) is 0 Å². The molecule has 0 unspecified atom stereocenters. The monoisotopic (exact) mass is 288 g/mol. The zero-order valence-electron chi connectivity index (χ0n) is 13.3. The van der Waals surface area contributed by atoms with Crippen LogP contribution in [0.5, 0.6) is 0 Å². The Kier molecular flexibility index (Phi) is 18.7. The van der Waals surface area contributed by atoms with Gasteiger partial charge in [0.1, 0.15) is 0 Å². The zero-order valence-corrected chi connectivity index (χ0v) is 13.3. The van der Waals surface area contributed by atoms with Crippen LogP contribution < -0.4 is 11.5 Å². The summed E-state index contributed by atoms with van der Waals surface area (Å²) in [6.07, 6.45) is 12.3. The first-order valence-corrected chi connectivity index (χ1v) is 8.47. The molecule has 0 aromatic rings. The van der Waals surface area contributed by atoms with Crippen molar-refractivity contribution in [2.45, 2.75) is 64.2 Å². The summed E-state index contributed by atoms with van der Waals surface area (Å²) in [6.45, 7) is 4.92. The quantitative estimate of drug-likeness (QED) is 0.404. The highest BCUT2D eigenvalue weighted by Crippen LogP contribution is 2.08. The third-order valence-electron chi connectivity index (χ3n) is 3.31. The summed E-state index contributed by atoms with van der Waals surface area (Å²) in [6, 6.07) is 0. The summed E-state index contributed by atoms with van der Waals surface area (Å²) in [5, 5.41) is 0. The van der Waals surface area contributed by atoms with Crippen LogP contribution in [0.1, 0.15) is 64.2 Å². The minimum atomic E-state index is 0.734. The number of hydrogen-bond donors (Lipinski definition) is 2. The largest absolute Gasteiger partial charge is 0.381 e. The Bertz CT molecular complexity index is 151. The normalized spacial score (nSPS) is 11.1. The lowest BCUT2D eigenvalue weighted by Gasteiger charge is -2.04. The molecule has 20 heavy (non-hydrogen) atoms. The molecule has 0 aromatic carbocycles. The van der Waals surface area contributed by atoms with Gasteiger partial charge in [0.25, 0.3) is 0 Å². The van der Waals surface area contributed by atoms with Gasteiger partial charge in [-0.2, -0.15) is 0 Å². The number of ether oxygens (including phenoxy) is 2. The van der Waals surface area contributed by atoms with Crippen molar-refractivity contribution in [2.75, 3.05) is 39.5 Å². The summed E-state index contributed by atoms with van der Waals surface area (Å²) < 4.78 is 10.9. The number of hydrogen-bond acceptors (Lipinski definition) is 4. The van der Waals surface area contributed by atoms with Crippen molar-refractivity contribution < 1.29 is 9.47 Å². The van der Waals surface area contributed by atoms with E-state index in [1.807, 2.05) is 0 Å². The number of unbranched alkanes of at least 4 members (excludes halogenated alkanes) is 7. The van der Waals surface area contributed by atoms with Gasteiger partial charge >= 0.3 is 0 Å². The smallest absolute Gasteiger partial charge is 0.0478 e. The molecule has 0 aliphatic rings. The van der Waals surface area contributed by atoms with Crippen molar-refractivity contribution in [3.05, 3.63) is 0 Å². The Hall–Kier alpha value is -0.160. The zero-order chi connectivity index (χ0) is 14.7. The van der Waals surface area contributed by atoms with Gasteiger partial charge in [-0.25, -0.2) is 0 Å². The van der Waals surface area contributed by atoms with E-state index in [0.29, 0.717) is 0 Å². The van der Waals surface area contributed by atoms with Gasteiger partial charge < -0.3 is 20.9 Å². The van der Waals surface area contributed by atoms with Crippen LogP contribution in [0.15, 0.2) is 0 Å². The molecule has 122 valence electrons. The molecule has 0 amide bonds. The van der Waals surface area contributed by atoms with E-state index < -0.39 is 0 Å². The van der Waals surface area contributed by atoms with Gasteiger partial charge in [0.2, 0.25) is 0 Å². The minimum absolute atomic E-state index is 0.734. The molecule has 4 nitrogen and oxygen atoms in total. The highest BCUT2D eigenvalue weighted by Gasteiger charge is 1.94. The van der Waals surface area contributed by atoms with Gasteiger partial charge in [0, 0.05) is 26.4 Å². The molecule has 0 aromatic heterocycles. The second kappa shape index (κ2) is 18.8. The van der Waals surface area contributed by atoms with Crippen molar-refractivity contribution in [2.24, 2.45) is 11.5 Å². The maximum Gasteiger partial charge on any atom is 0.0478 e. The van der Waals surface area contributed by atoms with Crippen LogP contribution in [0, 0.1) is 0 Å². The van der Waals surface area contributed by atoms with Crippen LogP contribution in [-0.4, -0.2) is 39.5 Å². The van der Waals surface area contributed by atoms with Gasteiger partial charge in [-0.3, -0.25) is 0 Å². The van der Waals surface area contributed by atoms with Gasteiger partial charge in [-0.15, -0.1) is 0 Å². The molecular weight excluding hydrogens is 252 g/mol. The van der Waals surface area contributed by atoms with Crippen LogP contribution >= 0.6 is 0 Å². The molecule has 0 rings (SSSR count). The van der Waals surface area contributed by atoms with E-state index in [1.165, 1.54) is 51.4 Å². The second-order valence-electron chi connectivity index (χ2n) is 5.34. The van der Waals surface area contributed by atoms with Gasteiger partial charge in [-0.1, -0.05) is 38.5 Å². The van der Waals surface area contributed by atoms with Crippen molar-refractivity contribution in [3.63, 3.8) is 0 Å². The summed E-state index contributed by atoms with van der Waals surface area (Å²) in [5.74, 6) is 0. The van der Waals surface area contributed by atoms with Crippen molar-refractivity contribution in [1.29, 1.82) is 0 Å². The Morgan fingerprint density at radius 3 is 1.05 bits per heavy atom. The van der Waals surface area contributed by atoms with Gasteiger partial charge in [0.15, 0.2) is 0 Å². The fourth-order valence-electron chi connectivity index (χ4n) is 2.04. The number of rotatable bonds is 17. The molecule has 0 fully saturated rings. The molecule has 0 saturated carbocycles. The predicted molar refractivity (Wildman–Crippen MR) is 85.9 cm³/mol. The fraction of sp³-hybridized carbons (Fsp3) is 1.00. The Labute approximate surface area is 125 Å². The van der Waals surface area contributed by atoms with Crippen LogP contribution in [0.4, 0.5) is 0 Å². The third kappa shape index (κ3) is 17.8. The van der Waals surface area contributed by atoms with Crippen LogP contribution in [-0.2, 0) is 9.47 Å². The maximum absolute atomic E-state index is 5.47. The first kappa shape index (κ1) is 19.8. The standard InChI is InChI=1S/C16H36N2O2/c17-11-9-15-19-13-7-5-3-1-2-4-6-8-14-20-16-10-12-18/h1-18H2. The Balaban J connectivity index is 2.89. The summed E-state index contributed by atoms with van der Waals surface area (Å²) in [4.78, 5) is 0. The van der Waals surface area contributed by atoms with E-state index in [2.05, 4.69) is 0 Å². The minimum Gasteiger partial charge on any atom is -0.381 e. The molecule has 0 spiro atoms. The highest BCUT2D eigenvalue weighted by atomic mass is 16.5. The van der Waals surface area contributed by atoms with Gasteiger partial charge in [-0.05, 0) is 38.8 Å². The first-order chi connectivity index (χ1) is 9.91. The topological polar surface area (TPSA) is 70.5 Å². The van der Waals surface area contributed by atoms with Crippen molar-refractivity contribution in [3.8, 4) is 0 Å². The molecule has 0 bridgehead atoms. The molecule has 0 heterocycles. The molecular formula is C16H36N2O2. The number of nitrogens with two attached hydrogens (primary N) is 2. The summed E-state index contributed by atoms with van der Waals surface area (Å²) in [7, 11) is 0. The van der Waals surface area contributed by atoms with E-state index in [-0.39, 0.29) is 0 Å². The molecule has 4 N–H and O–H groups in total. The maximum atomic E-state index is 5.47. The lowest BCUT2D eigenvalue weighted by Crippen LogP contribution is -2.05. The molecule has 0 atom stereocenters. The van der Waals surface area contributed by atoms with E-state index in [1.54, 1.807) is 0 Å². The summed E-state index contributed by atoms with van der Waals surface area (Å²) >= 11 is 0. The fourth-order valence-corrected chi connectivity index (χ4v) is 2.04. The van der Waals surface area contributed by atoms with Crippen LogP contribution in [0.3, 0.4) is 0 Å². The second-order valence-corrected chi connectivity index (χ2v) is 5.34. The highest BCUT2D eigenvalue weighted by molar-refractivity contribution is 4.47. The lowest BCUT2D eigenvalue weighted by atomic mass is 10.1. The third-order valence-corrected chi connectivity index (χ3v) is 3.31. The molecule has 0 aliphatic carbocycles. The molecule has 0 radical (unpaired) electrons. The van der Waals surface area contributed by atoms with Crippen LogP contribution in [0.2, 0.25) is 0 Å². The van der Waals surface area contributed by atoms with Crippen molar-refractivity contribution >= 4 is 0 Å². The molecule has 0 saturated heterocycles. The lowest BCUT2D eigenvalue weighted by molar-refractivity contribution is 0.128.